The normalized spacial score (nSPS) is 10.7. The molecule has 0 radical (unpaired) electrons. The number of nitrogens with one attached hydrogen (secondary N) is 1. The molecule has 0 bridgehead atoms. The van der Waals surface area contributed by atoms with Crippen LogP contribution in [0.5, 0.6) is 11.5 Å². The molecule has 4 nitrogen and oxygen atoms in total. The van der Waals surface area contributed by atoms with Gasteiger partial charge in [0.05, 0.1) is 11.2 Å². The number of benzene rings is 2. The molecule has 0 saturated carbocycles. The van der Waals surface area contributed by atoms with Crippen LogP contribution in [0.2, 0.25) is 0 Å². The SMILES string of the molecule is O=C(/C=C/c1cscn1)Nc1ccc(Oc2ccc(Br)cc2)cc1. The van der Waals surface area contributed by atoms with Crippen molar-refractivity contribution in [2.24, 2.45) is 0 Å². The van der Waals surface area contributed by atoms with Crippen LogP contribution >= 0.6 is 27.3 Å². The monoisotopic (exact) mass is 400 g/mol. The molecule has 2 aromatic carbocycles. The van der Waals surface area contributed by atoms with Gasteiger partial charge in [0, 0.05) is 21.6 Å². The number of anilines is 1. The van der Waals surface area contributed by atoms with Crippen LogP contribution in [0.15, 0.2) is 70.0 Å². The summed E-state index contributed by atoms with van der Waals surface area (Å²) in [6.45, 7) is 0. The van der Waals surface area contributed by atoms with Crippen molar-refractivity contribution >= 4 is 44.9 Å². The molecule has 6 heteroatoms. The van der Waals surface area contributed by atoms with Gasteiger partial charge < -0.3 is 10.1 Å². The van der Waals surface area contributed by atoms with Gasteiger partial charge in [0.2, 0.25) is 5.91 Å². The van der Waals surface area contributed by atoms with E-state index in [2.05, 4.69) is 26.2 Å². The lowest BCUT2D eigenvalue weighted by molar-refractivity contribution is -0.111. The van der Waals surface area contributed by atoms with Gasteiger partial charge in [-0.15, -0.1) is 11.3 Å². The van der Waals surface area contributed by atoms with Crippen molar-refractivity contribution in [3.05, 3.63) is 75.7 Å². The molecule has 1 N–H and O–H groups in total. The molecule has 0 aliphatic carbocycles. The van der Waals surface area contributed by atoms with Crippen LogP contribution < -0.4 is 10.1 Å². The molecule has 3 aromatic rings. The van der Waals surface area contributed by atoms with Gasteiger partial charge in [-0.05, 0) is 54.6 Å². The van der Waals surface area contributed by atoms with Crippen molar-refractivity contribution in [3.63, 3.8) is 0 Å². The lowest BCUT2D eigenvalue weighted by atomic mass is 10.3. The van der Waals surface area contributed by atoms with E-state index in [-0.39, 0.29) is 5.91 Å². The Bertz CT molecular complexity index is 828. The number of thiazole rings is 1. The van der Waals surface area contributed by atoms with Gasteiger partial charge in [-0.25, -0.2) is 4.98 Å². The molecule has 0 atom stereocenters. The number of nitrogens with zero attached hydrogens (tertiary/aromatic N) is 1. The number of aromatic nitrogens is 1. The minimum absolute atomic E-state index is 0.204. The predicted molar refractivity (Wildman–Crippen MR) is 100 cm³/mol. The Balaban J connectivity index is 1.58. The Hall–Kier alpha value is -2.44. The van der Waals surface area contributed by atoms with Crippen LogP contribution in [0.4, 0.5) is 5.69 Å². The maximum Gasteiger partial charge on any atom is 0.248 e. The molecular weight excluding hydrogens is 388 g/mol. The van der Waals surface area contributed by atoms with Crippen LogP contribution in [0.25, 0.3) is 6.08 Å². The topological polar surface area (TPSA) is 51.2 Å². The largest absolute Gasteiger partial charge is 0.457 e. The molecule has 0 aliphatic heterocycles. The van der Waals surface area contributed by atoms with Gasteiger partial charge in [-0.2, -0.15) is 0 Å². The van der Waals surface area contributed by atoms with E-state index in [1.165, 1.54) is 17.4 Å². The number of hydrogen-bond donors (Lipinski definition) is 1. The maximum absolute atomic E-state index is 11.9. The fraction of sp³-hybridized carbons (Fsp3) is 0. The van der Waals surface area contributed by atoms with Gasteiger partial charge in [0.1, 0.15) is 11.5 Å². The third kappa shape index (κ3) is 4.78. The van der Waals surface area contributed by atoms with Crippen molar-refractivity contribution in [1.82, 2.24) is 4.98 Å². The Morgan fingerprint density at radius 3 is 2.38 bits per heavy atom. The number of ether oxygens (including phenoxy) is 1. The van der Waals surface area contributed by atoms with Crippen molar-refractivity contribution in [1.29, 1.82) is 0 Å². The number of carbonyl (C=O) groups excluding carboxylic acids is 1. The highest BCUT2D eigenvalue weighted by atomic mass is 79.9. The number of rotatable bonds is 5. The summed E-state index contributed by atoms with van der Waals surface area (Å²) in [7, 11) is 0. The molecular formula is C18H13BrN2O2S. The first kappa shape index (κ1) is 16.4. The molecule has 0 unspecified atom stereocenters. The van der Waals surface area contributed by atoms with E-state index in [9.17, 15) is 4.79 Å². The van der Waals surface area contributed by atoms with Crippen LogP contribution in [0, 0.1) is 0 Å². The Morgan fingerprint density at radius 1 is 1.08 bits per heavy atom. The summed E-state index contributed by atoms with van der Waals surface area (Å²) in [6.07, 6.45) is 3.14. The van der Waals surface area contributed by atoms with Crippen LogP contribution in [-0.2, 0) is 4.79 Å². The van der Waals surface area contributed by atoms with Gasteiger partial charge in [-0.3, -0.25) is 4.79 Å². The minimum atomic E-state index is -0.204. The molecule has 1 heterocycles. The molecule has 24 heavy (non-hydrogen) atoms. The summed E-state index contributed by atoms with van der Waals surface area (Å²) in [4.78, 5) is 15.9. The second-order valence-electron chi connectivity index (χ2n) is 4.82. The Morgan fingerprint density at radius 2 is 1.75 bits per heavy atom. The third-order valence-corrected chi connectivity index (χ3v) is 4.16. The van der Waals surface area contributed by atoms with Gasteiger partial charge in [-0.1, -0.05) is 15.9 Å². The summed E-state index contributed by atoms with van der Waals surface area (Å²) in [6, 6.07) is 14.8. The molecule has 0 spiro atoms. The molecule has 0 saturated heterocycles. The van der Waals surface area contributed by atoms with E-state index in [1.54, 1.807) is 23.7 Å². The zero-order valence-electron chi connectivity index (χ0n) is 12.5. The van der Waals surface area contributed by atoms with E-state index in [4.69, 9.17) is 4.74 Å². The van der Waals surface area contributed by atoms with Crippen LogP contribution in [0.1, 0.15) is 5.69 Å². The highest BCUT2D eigenvalue weighted by Gasteiger charge is 2.01. The Kier molecular flexibility index (Phi) is 5.40. The quantitative estimate of drug-likeness (QED) is 0.587. The standard InChI is InChI=1S/C18H13BrN2O2S/c19-13-1-6-16(7-2-13)23-17-8-3-14(4-9-17)21-18(22)10-5-15-11-24-12-20-15/h1-12H,(H,21,22)/b10-5+. The second-order valence-corrected chi connectivity index (χ2v) is 6.45. The zero-order valence-corrected chi connectivity index (χ0v) is 14.9. The summed E-state index contributed by atoms with van der Waals surface area (Å²) < 4.78 is 6.73. The summed E-state index contributed by atoms with van der Waals surface area (Å²) in [5, 5.41) is 4.66. The van der Waals surface area contributed by atoms with Crippen molar-refractivity contribution in [2.75, 3.05) is 5.32 Å². The van der Waals surface area contributed by atoms with Gasteiger partial charge in [0.15, 0.2) is 0 Å². The average Bonchev–Trinajstić information content (AvgIpc) is 3.10. The summed E-state index contributed by atoms with van der Waals surface area (Å²) >= 11 is 4.87. The van der Waals surface area contributed by atoms with E-state index >= 15 is 0 Å². The van der Waals surface area contributed by atoms with E-state index < -0.39 is 0 Å². The van der Waals surface area contributed by atoms with Gasteiger partial charge >= 0.3 is 0 Å². The molecule has 120 valence electrons. The van der Waals surface area contributed by atoms with E-state index in [0.717, 1.165) is 15.9 Å². The summed E-state index contributed by atoms with van der Waals surface area (Å²) in [5.74, 6) is 1.25. The fourth-order valence-electron chi connectivity index (χ4n) is 1.89. The Labute approximate surface area is 152 Å². The highest BCUT2D eigenvalue weighted by Crippen LogP contribution is 2.24. The zero-order chi connectivity index (χ0) is 16.8. The molecule has 1 amide bonds. The number of halogens is 1. The predicted octanol–water partition coefficient (Wildman–Crippen LogP) is 5.35. The van der Waals surface area contributed by atoms with Gasteiger partial charge in [0.25, 0.3) is 0 Å². The van der Waals surface area contributed by atoms with Crippen LogP contribution in [-0.4, -0.2) is 10.9 Å². The molecule has 1 aromatic heterocycles. The minimum Gasteiger partial charge on any atom is -0.457 e. The number of hydrogen-bond acceptors (Lipinski definition) is 4. The van der Waals surface area contributed by atoms with Crippen molar-refractivity contribution in [3.8, 4) is 11.5 Å². The first-order valence-corrected chi connectivity index (χ1v) is 8.83. The third-order valence-electron chi connectivity index (χ3n) is 3.03. The number of carbonyl (C=O) groups is 1. The molecule has 3 rings (SSSR count). The van der Waals surface area contributed by atoms with Crippen molar-refractivity contribution in [2.45, 2.75) is 0 Å². The van der Waals surface area contributed by atoms with E-state index in [1.807, 2.05) is 41.8 Å². The van der Waals surface area contributed by atoms with Crippen LogP contribution in [0.3, 0.4) is 0 Å². The van der Waals surface area contributed by atoms with Crippen molar-refractivity contribution < 1.29 is 9.53 Å². The lowest BCUT2D eigenvalue weighted by Gasteiger charge is -2.07. The number of amides is 1. The van der Waals surface area contributed by atoms with E-state index in [0.29, 0.717) is 11.4 Å². The molecule has 0 aliphatic rings. The summed E-state index contributed by atoms with van der Waals surface area (Å²) in [5.41, 5.74) is 3.20. The first-order chi connectivity index (χ1) is 11.7. The average molecular weight is 401 g/mol. The second kappa shape index (κ2) is 7.90. The lowest BCUT2D eigenvalue weighted by Crippen LogP contribution is -2.07. The smallest absolute Gasteiger partial charge is 0.248 e. The maximum atomic E-state index is 11.9. The fourth-order valence-corrected chi connectivity index (χ4v) is 2.68. The first-order valence-electron chi connectivity index (χ1n) is 7.10. The molecule has 0 fully saturated rings. The highest BCUT2D eigenvalue weighted by molar-refractivity contribution is 9.10.